The van der Waals surface area contributed by atoms with Gasteiger partial charge in [-0.05, 0) is 177 Å². The van der Waals surface area contributed by atoms with Crippen LogP contribution in [0.1, 0.15) is 133 Å². The van der Waals surface area contributed by atoms with Crippen LogP contribution >= 0.6 is 116 Å². The highest BCUT2D eigenvalue weighted by Gasteiger charge is 2.34. The second-order valence-electron chi connectivity index (χ2n) is 33.8. The number of fused-ring (bicyclic) bond motifs is 5. The van der Waals surface area contributed by atoms with Crippen molar-refractivity contribution in [1.82, 2.24) is 77.2 Å². The highest BCUT2D eigenvalue weighted by Crippen LogP contribution is 2.43. The number of likely N-dealkylation sites (N-methyl/N-ethyl adjacent to an activating group) is 1. The Hall–Kier alpha value is -7.02. The number of aromatic hydroxyl groups is 5. The van der Waals surface area contributed by atoms with E-state index in [1.165, 1.54) is 49.6 Å². The van der Waals surface area contributed by atoms with E-state index in [1.54, 1.807) is 22.8 Å². The summed E-state index contributed by atoms with van der Waals surface area (Å²) in [4.78, 5) is 102. The smallest absolute Gasteiger partial charge is 0.263 e. The Morgan fingerprint density at radius 2 is 0.624 bits per heavy atom. The number of piperidine rings is 1. The Morgan fingerprint density at radius 3 is 0.896 bits per heavy atom. The molecule has 670 valence electrons. The van der Waals surface area contributed by atoms with E-state index in [1.807, 2.05) is 11.9 Å². The van der Waals surface area contributed by atoms with Gasteiger partial charge in [-0.2, -0.15) is 0 Å². The summed E-state index contributed by atoms with van der Waals surface area (Å²) in [7, 11) is 1.85. The number of likely N-dealkylation sites (tertiary alicyclic amines) is 1. The Labute approximate surface area is 772 Å². The van der Waals surface area contributed by atoms with Crippen LogP contribution in [0.15, 0.2) is 54.3 Å². The molecule has 0 radical (unpaired) electrons. The van der Waals surface area contributed by atoms with E-state index in [-0.39, 0.29) is 161 Å². The summed E-state index contributed by atoms with van der Waals surface area (Å²) < 4.78 is 14.0. The number of phenolic OH excluding ortho intramolecular Hbond substituents is 5. The van der Waals surface area contributed by atoms with Crippen LogP contribution in [0.5, 0.6) is 28.7 Å². The lowest BCUT2D eigenvalue weighted by Gasteiger charge is -2.34. The predicted molar refractivity (Wildman–Crippen MR) is 496 cm³/mol. The molecule has 0 bridgehead atoms. The molecule has 5 saturated carbocycles. The van der Waals surface area contributed by atoms with Crippen LogP contribution in [-0.2, 0) is 70.2 Å². The van der Waals surface area contributed by atoms with Crippen molar-refractivity contribution in [1.29, 1.82) is 0 Å². The highest BCUT2D eigenvalue weighted by molar-refractivity contribution is 6.42. The number of aromatic nitrogens is 10. The summed E-state index contributed by atoms with van der Waals surface area (Å²) in [6, 6.07) is 6.99. The fourth-order valence-corrected chi connectivity index (χ4v) is 18.6. The number of halogens is 10. The average Bonchev–Trinajstić information content (AvgIpc) is 1.67. The fourth-order valence-electron chi connectivity index (χ4n) is 15.9. The third-order valence-corrected chi connectivity index (χ3v) is 27.2. The van der Waals surface area contributed by atoms with Crippen molar-refractivity contribution < 1.29 is 30.3 Å². The summed E-state index contributed by atoms with van der Waals surface area (Å²) in [5, 5.41) is 54.2. The maximum Gasteiger partial charge on any atom is 0.263 e. The van der Waals surface area contributed by atoms with Gasteiger partial charge >= 0.3 is 0 Å². The summed E-state index contributed by atoms with van der Waals surface area (Å²) in [5.74, 6) is 7.40. The van der Waals surface area contributed by atoms with Gasteiger partial charge in [-0.1, -0.05) is 149 Å². The lowest BCUT2D eigenvalue weighted by Crippen LogP contribution is -2.46. The van der Waals surface area contributed by atoms with Gasteiger partial charge in [0, 0.05) is 72.0 Å². The molecular formula is C88H102Cl10N16O11. The number of rotatable bonds is 24. The molecule has 8 heterocycles. The minimum Gasteiger partial charge on any atom is -0.504 e. The number of benzene rings is 5. The summed E-state index contributed by atoms with van der Waals surface area (Å²) in [5.41, 5.74) is -0.130. The Kier molecular flexibility index (Phi) is 31.2. The molecule has 3 aliphatic heterocycles. The summed E-state index contributed by atoms with van der Waals surface area (Å²) >= 11 is 61.2. The van der Waals surface area contributed by atoms with Crippen molar-refractivity contribution >= 4 is 171 Å². The molecule has 27 nitrogen and oxygen atoms in total. The fraction of sp³-hybridized carbons (Fsp3) is 0.523. The van der Waals surface area contributed by atoms with E-state index in [0.717, 1.165) is 136 Å². The largest absolute Gasteiger partial charge is 0.504 e. The second-order valence-corrected chi connectivity index (χ2v) is 37.8. The van der Waals surface area contributed by atoms with E-state index >= 15 is 0 Å². The van der Waals surface area contributed by atoms with Gasteiger partial charge in [-0.3, -0.25) is 71.3 Å². The van der Waals surface area contributed by atoms with Crippen molar-refractivity contribution in [3.63, 3.8) is 0 Å². The number of terminal acetylenes is 1. The molecule has 5 aromatic carbocycles. The van der Waals surface area contributed by atoms with E-state index in [2.05, 4.69) is 76.1 Å². The zero-order valence-corrected chi connectivity index (χ0v) is 77.7. The van der Waals surface area contributed by atoms with Crippen LogP contribution in [0.2, 0.25) is 50.2 Å². The normalized spacial score (nSPS) is 17.2. The first kappa shape index (κ1) is 94.1. The number of ether oxygens (including phenoxy) is 1. The third kappa shape index (κ3) is 22.4. The van der Waals surface area contributed by atoms with Gasteiger partial charge in [0.1, 0.15) is 56.7 Å². The number of nitrogens with zero attached hydrogens (tertiary/aromatic N) is 16. The van der Waals surface area contributed by atoms with E-state index in [4.69, 9.17) is 127 Å². The number of hydrogen-bond acceptors (Lipinski definition) is 22. The average molecular weight is 1910 g/mol. The SMILES string of the molecule is C#CCN(C)Cc1nc2c(O)c(Cl)cc(Cl)c2c(=O)n1CC1CC1.CCN(CC)Cc1nc2c(O)c(Cl)cc(Cl)c2c(=O)n1CC1CC1.CCN1CCN(Cc2nc3c(O)c(Cl)cc(Cl)c3c(=O)n2CC2CC2)CC1.O=c1c2c(Cl)cc(Cl)c(O)c2nc(CN2CCCCC2)n1CC1CC1.O=c1c2c(Cl)cc(Cl)c(O)c2nc(CN2CCOCC2)n1CC1CC1. The minimum absolute atomic E-state index is 0.0715. The van der Waals surface area contributed by atoms with Gasteiger partial charge in [0.05, 0.1) is 130 Å². The van der Waals surface area contributed by atoms with Crippen LogP contribution in [0.4, 0.5) is 0 Å². The van der Waals surface area contributed by atoms with Crippen molar-refractivity contribution in [2.75, 3.05) is 98.8 Å². The van der Waals surface area contributed by atoms with Gasteiger partial charge in [-0.25, -0.2) is 24.9 Å². The standard InChI is InChI=1S/C19H24Cl2N4O2.C18H21Cl2N3O2.C17H19Cl2N3O3.C17H17Cl2N3O2.C17H21Cl2N3O2/c1-2-23-5-7-24(8-6-23)11-15-22-17-16(13(20)9-14(21)18(17)26)19(27)25(15)10-12-3-4-12;19-12-8-13(20)17(24)16-15(12)18(25)23(9-11-4-5-11)14(21-16)10-22-6-2-1-3-7-22;18-11-7-12(19)16(23)15-14(11)17(24)22(8-10-1-2-10)13(20-15)9-21-3-5-25-6-4-21;1-3-6-21(2)9-13-20-15-14(11(18)7-12(19)16(15)23)17(24)22(13)8-10-4-5-10;1-3-21(4-2)9-13-20-15-14(11(18)7-12(19)16(15)23)17(24)22(13)8-10-5-6-10/h9,12,26H,2-8,10-11H2,1H3;8,11,24H,1-7,9-10H2;7,10,23H,1-6,8-9H2;1,7,10,23H,4-6,8-9H2,2H3;7,10,23H,3-6,8-9H2,1-2H3. The van der Waals surface area contributed by atoms with Crippen molar-refractivity contribution in [3.8, 4) is 41.1 Å². The molecule has 5 N–H and O–H groups in total. The molecule has 18 rings (SSSR count). The van der Waals surface area contributed by atoms with Gasteiger partial charge < -0.3 is 35.2 Å². The molecule has 0 atom stereocenters. The van der Waals surface area contributed by atoms with Gasteiger partial charge in [-0.15, -0.1) is 6.42 Å². The first-order chi connectivity index (χ1) is 59.9. The Morgan fingerprint density at radius 1 is 0.368 bits per heavy atom. The van der Waals surface area contributed by atoms with E-state index < -0.39 is 0 Å². The van der Waals surface area contributed by atoms with Crippen molar-refractivity contribution in [2.24, 2.45) is 29.6 Å². The van der Waals surface area contributed by atoms with E-state index in [0.29, 0.717) is 144 Å². The molecule has 0 unspecified atom stereocenters. The van der Waals surface area contributed by atoms with Gasteiger partial charge in [0.25, 0.3) is 27.8 Å². The van der Waals surface area contributed by atoms with Gasteiger partial charge in [0.15, 0.2) is 28.7 Å². The van der Waals surface area contributed by atoms with Crippen LogP contribution < -0.4 is 27.8 Å². The zero-order valence-electron chi connectivity index (χ0n) is 70.1. The summed E-state index contributed by atoms with van der Waals surface area (Å²) in [6.45, 7) is 24.3. The lowest BCUT2D eigenvalue weighted by molar-refractivity contribution is 0.0324. The summed E-state index contributed by atoms with van der Waals surface area (Å²) in [6.07, 6.45) is 20.2. The molecule has 10 aromatic rings. The predicted octanol–water partition coefficient (Wildman–Crippen LogP) is 16.0. The van der Waals surface area contributed by atoms with E-state index in [9.17, 15) is 49.5 Å². The first-order valence-electron chi connectivity index (χ1n) is 42.8. The monoisotopic (exact) mass is 1910 g/mol. The molecule has 37 heteroatoms. The van der Waals surface area contributed by atoms with Gasteiger partial charge in [0.2, 0.25) is 0 Å². The second kappa shape index (κ2) is 41.4. The highest BCUT2D eigenvalue weighted by atomic mass is 35.5. The molecular weight excluding hydrogens is 1810 g/mol. The molecule has 5 aliphatic carbocycles. The minimum atomic E-state index is -0.257. The molecule has 8 aliphatic rings. The van der Waals surface area contributed by atoms with Crippen LogP contribution in [-0.4, -0.2) is 201 Å². The Balaban J connectivity index is 0.000000127. The maximum atomic E-state index is 13.2. The molecule has 0 amide bonds. The quantitative estimate of drug-likeness (QED) is 0.0351. The lowest BCUT2D eigenvalue weighted by atomic mass is 10.1. The number of hydrogen-bond donors (Lipinski definition) is 5. The van der Waals surface area contributed by atoms with Crippen molar-refractivity contribution in [3.05, 3.63) is 161 Å². The van der Waals surface area contributed by atoms with Crippen LogP contribution in [0, 0.1) is 41.9 Å². The third-order valence-electron chi connectivity index (χ3n) is 24.2. The molecule has 125 heavy (non-hydrogen) atoms. The topological polar surface area (TPSA) is 304 Å². The molecule has 8 fully saturated rings. The zero-order chi connectivity index (χ0) is 89.1. The maximum absolute atomic E-state index is 13.2. The number of piperazine rings is 1. The molecule has 5 aromatic heterocycles. The Bertz CT molecular complexity index is 5940. The number of phenols is 5. The van der Waals surface area contributed by atoms with Crippen molar-refractivity contribution in [2.45, 2.75) is 170 Å². The van der Waals surface area contributed by atoms with Crippen LogP contribution in [0.25, 0.3) is 54.5 Å². The van der Waals surface area contributed by atoms with Crippen LogP contribution in [0.3, 0.4) is 0 Å². The first-order valence-corrected chi connectivity index (χ1v) is 46.6. The molecule has 0 spiro atoms. The number of morpholine rings is 1. The molecule has 3 saturated heterocycles.